The minimum Gasteiger partial charge on any atom is -0.369 e. The molecule has 0 bridgehead atoms. The molecule has 154 valence electrons. The number of rotatable bonds is 8. The Hall–Kier alpha value is -2.86. The van der Waals surface area contributed by atoms with Crippen LogP contribution in [0, 0.1) is 0 Å². The van der Waals surface area contributed by atoms with E-state index in [1.807, 2.05) is 19.1 Å². The summed E-state index contributed by atoms with van der Waals surface area (Å²) < 4.78 is 0. The number of carbonyl (C=O) groups excluding carboxylic acids is 2. The van der Waals surface area contributed by atoms with E-state index >= 15 is 0 Å². The average molecular weight is 395 g/mol. The van der Waals surface area contributed by atoms with Crippen LogP contribution in [0.25, 0.3) is 0 Å². The second-order valence-corrected chi connectivity index (χ2v) is 7.34. The highest BCUT2D eigenvalue weighted by Crippen LogP contribution is 2.22. The molecule has 1 saturated heterocycles. The molecule has 1 fully saturated rings. The SMILES string of the molecule is CCCC(=O)N(CCN1CCN(c2ccccc2)CC1)c1ccccc1C(N)=O. The van der Waals surface area contributed by atoms with Gasteiger partial charge in [-0.25, -0.2) is 0 Å². The Morgan fingerprint density at radius 2 is 1.62 bits per heavy atom. The van der Waals surface area contributed by atoms with Gasteiger partial charge >= 0.3 is 0 Å². The van der Waals surface area contributed by atoms with E-state index < -0.39 is 5.91 Å². The van der Waals surface area contributed by atoms with Crippen molar-refractivity contribution >= 4 is 23.2 Å². The fraction of sp³-hybridized carbons (Fsp3) is 0.391. The van der Waals surface area contributed by atoms with Crippen LogP contribution in [0.5, 0.6) is 0 Å². The first kappa shape index (κ1) is 20.9. The van der Waals surface area contributed by atoms with E-state index in [1.54, 1.807) is 23.1 Å². The van der Waals surface area contributed by atoms with Gasteiger partial charge in [-0.2, -0.15) is 0 Å². The standard InChI is InChI=1S/C23H30N4O2/c1-2-8-22(28)27(21-12-7-6-11-20(21)23(24)29)18-15-25-13-16-26(17-14-25)19-9-4-3-5-10-19/h3-7,9-12H,2,8,13-18H2,1H3,(H2,24,29). The summed E-state index contributed by atoms with van der Waals surface area (Å²) >= 11 is 0. The van der Waals surface area contributed by atoms with Crippen LogP contribution in [0.1, 0.15) is 30.1 Å². The lowest BCUT2D eigenvalue weighted by atomic mass is 10.1. The third-order valence-corrected chi connectivity index (χ3v) is 5.36. The van der Waals surface area contributed by atoms with Gasteiger partial charge in [0.05, 0.1) is 11.3 Å². The molecule has 2 amide bonds. The summed E-state index contributed by atoms with van der Waals surface area (Å²) in [4.78, 5) is 31.1. The summed E-state index contributed by atoms with van der Waals surface area (Å²) in [5.74, 6) is -0.476. The lowest BCUT2D eigenvalue weighted by molar-refractivity contribution is -0.118. The highest BCUT2D eigenvalue weighted by atomic mass is 16.2. The summed E-state index contributed by atoms with van der Waals surface area (Å²) in [6.07, 6.45) is 1.22. The smallest absolute Gasteiger partial charge is 0.250 e. The molecule has 0 radical (unpaired) electrons. The number of nitrogens with zero attached hydrogens (tertiary/aromatic N) is 3. The number of carbonyl (C=O) groups is 2. The topological polar surface area (TPSA) is 69.9 Å². The zero-order valence-corrected chi connectivity index (χ0v) is 17.1. The van der Waals surface area contributed by atoms with Gasteiger partial charge in [-0.15, -0.1) is 0 Å². The molecule has 0 aliphatic carbocycles. The molecule has 0 spiro atoms. The van der Waals surface area contributed by atoms with Crippen LogP contribution in [0.4, 0.5) is 11.4 Å². The fourth-order valence-electron chi connectivity index (χ4n) is 3.76. The Kier molecular flexibility index (Phi) is 7.25. The van der Waals surface area contributed by atoms with Crippen LogP contribution in [-0.2, 0) is 4.79 Å². The normalized spacial score (nSPS) is 14.6. The lowest BCUT2D eigenvalue weighted by Crippen LogP contribution is -2.49. The predicted octanol–water partition coefficient (Wildman–Crippen LogP) is 2.74. The van der Waals surface area contributed by atoms with Gasteiger partial charge in [-0.3, -0.25) is 14.5 Å². The number of primary amides is 1. The first-order chi connectivity index (χ1) is 14.1. The van der Waals surface area contributed by atoms with E-state index in [2.05, 4.69) is 34.1 Å². The maximum Gasteiger partial charge on any atom is 0.250 e. The molecule has 3 rings (SSSR count). The van der Waals surface area contributed by atoms with Crippen molar-refractivity contribution in [3.63, 3.8) is 0 Å². The third kappa shape index (κ3) is 5.35. The summed E-state index contributed by atoms with van der Waals surface area (Å²) in [7, 11) is 0. The van der Waals surface area contributed by atoms with Crippen LogP contribution in [0.2, 0.25) is 0 Å². The second kappa shape index (κ2) is 10.1. The van der Waals surface area contributed by atoms with Crippen molar-refractivity contribution < 1.29 is 9.59 Å². The maximum atomic E-state index is 12.8. The molecule has 2 N–H and O–H groups in total. The van der Waals surface area contributed by atoms with Crippen LogP contribution in [0.15, 0.2) is 54.6 Å². The van der Waals surface area contributed by atoms with Crippen molar-refractivity contribution in [2.24, 2.45) is 5.73 Å². The van der Waals surface area contributed by atoms with E-state index in [0.29, 0.717) is 24.2 Å². The molecule has 6 heteroatoms. The van der Waals surface area contributed by atoms with Gasteiger partial charge in [0.15, 0.2) is 0 Å². The van der Waals surface area contributed by atoms with Crippen molar-refractivity contribution in [1.82, 2.24) is 4.90 Å². The number of piperazine rings is 1. The Morgan fingerprint density at radius 1 is 0.966 bits per heavy atom. The van der Waals surface area contributed by atoms with E-state index in [4.69, 9.17) is 5.73 Å². The van der Waals surface area contributed by atoms with Gasteiger partial charge in [0.1, 0.15) is 0 Å². The van der Waals surface area contributed by atoms with E-state index in [-0.39, 0.29) is 5.91 Å². The number of amides is 2. The lowest BCUT2D eigenvalue weighted by Gasteiger charge is -2.37. The maximum absolute atomic E-state index is 12.8. The Labute approximate surface area is 172 Å². The van der Waals surface area contributed by atoms with Crippen molar-refractivity contribution in [2.45, 2.75) is 19.8 Å². The van der Waals surface area contributed by atoms with Crippen molar-refractivity contribution in [3.8, 4) is 0 Å². The Morgan fingerprint density at radius 3 is 2.28 bits per heavy atom. The van der Waals surface area contributed by atoms with Crippen molar-refractivity contribution in [3.05, 3.63) is 60.2 Å². The molecule has 1 aliphatic rings. The summed E-state index contributed by atoms with van der Waals surface area (Å²) in [6, 6.07) is 17.5. The van der Waals surface area contributed by atoms with Gasteiger partial charge in [-0.05, 0) is 30.7 Å². The van der Waals surface area contributed by atoms with Crippen LogP contribution in [0.3, 0.4) is 0 Å². The van der Waals surface area contributed by atoms with Gasteiger partial charge in [0.2, 0.25) is 5.91 Å². The molecular weight excluding hydrogens is 364 g/mol. The molecule has 6 nitrogen and oxygen atoms in total. The molecule has 2 aromatic rings. The Bertz CT molecular complexity index is 817. The predicted molar refractivity (Wildman–Crippen MR) is 117 cm³/mol. The minimum atomic E-state index is -0.508. The second-order valence-electron chi connectivity index (χ2n) is 7.34. The van der Waals surface area contributed by atoms with Gasteiger partial charge in [-0.1, -0.05) is 37.3 Å². The monoisotopic (exact) mass is 394 g/mol. The summed E-state index contributed by atoms with van der Waals surface area (Å²) in [6.45, 7) is 7.12. The largest absolute Gasteiger partial charge is 0.369 e. The molecule has 2 aromatic carbocycles. The number of hydrogen-bond donors (Lipinski definition) is 1. The first-order valence-corrected chi connectivity index (χ1v) is 10.3. The summed E-state index contributed by atoms with van der Waals surface area (Å²) in [5, 5.41) is 0. The van der Waals surface area contributed by atoms with Crippen LogP contribution < -0.4 is 15.5 Å². The molecular formula is C23H30N4O2. The summed E-state index contributed by atoms with van der Waals surface area (Å²) in [5.41, 5.74) is 7.80. The van der Waals surface area contributed by atoms with E-state index in [0.717, 1.165) is 39.1 Å². The molecule has 0 aromatic heterocycles. The number of para-hydroxylation sites is 2. The molecule has 0 atom stereocenters. The van der Waals surface area contributed by atoms with Crippen LogP contribution in [-0.4, -0.2) is 56.0 Å². The van der Waals surface area contributed by atoms with Crippen molar-refractivity contribution in [2.75, 3.05) is 49.1 Å². The molecule has 0 saturated carbocycles. The molecule has 0 unspecified atom stereocenters. The van der Waals surface area contributed by atoms with Crippen LogP contribution >= 0.6 is 0 Å². The molecule has 1 heterocycles. The number of nitrogens with two attached hydrogens (primary N) is 1. The van der Waals surface area contributed by atoms with E-state index in [1.165, 1.54) is 5.69 Å². The third-order valence-electron chi connectivity index (χ3n) is 5.36. The molecule has 29 heavy (non-hydrogen) atoms. The van der Waals surface area contributed by atoms with Crippen molar-refractivity contribution in [1.29, 1.82) is 0 Å². The van der Waals surface area contributed by atoms with Gasteiger partial charge < -0.3 is 15.5 Å². The average Bonchev–Trinajstić information content (AvgIpc) is 2.75. The quantitative estimate of drug-likeness (QED) is 0.747. The number of benzene rings is 2. The zero-order valence-electron chi connectivity index (χ0n) is 17.1. The zero-order chi connectivity index (χ0) is 20.6. The fourth-order valence-corrected chi connectivity index (χ4v) is 3.76. The van der Waals surface area contributed by atoms with E-state index in [9.17, 15) is 9.59 Å². The Balaban J connectivity index is 1.64. The highest BCUT2D eigenvalue weighted by Gasteiger charge is 2.22. The highest BCUT2D eigenvalue weighted by molar-refractivity contribution is 6.04. The molecule has 1 aliphatic heterocycles. The van der Waals surface area contributed by atoms with Gasteiger partial charge in [0.25, 0.3) is 5.91 Å². The minimum absolute atomic E-state index is 0.0316. The van der Waals surface area contributed by atoms with Gasteiger partial charge in [0, 0.05) is 51.4 Å². The number of anilines is 2. The number of hydrogen-bond acceptors (Lipinski definition) is 4. The first-order valence-electron chi connectivity index (χ1n) is 10.3.